The topological polar surface area (TPSA) is 117 Å². The van der Waals surface area contributed by atoms with E-state index in [1.165, 1.54) is 0 Å². The van der Waals surface area contributed by atoms with Crippen LogP contribution in [0.2, 0.25) is 0 Å². The average Bonchev–Trinajstić information content (AvgIpc) is 2.92. The van der Waals surface area contributed by atoms with Crippen molar-refractivity contribution in [3.05, 3.63) is 11.7 Å². The van der Waals surface area contributed by atoms with Crippen molar-refractivity contribution in [2.75, 3.05) is 24.7 Å². The SMILES string of the molecule is CC(C)Cc1noc(CN(CCO)[C@@H]2CS(=O)(=O)C[C@@H]2O)n1. The van der Waals surface area contributed by atoms with Crippen molar-refractivity contribution in [2.24, 2.45) is 5.92 Å². The predicted molar refractivity (Wildman–Crippen MR) is 78.8 cm³/mol. The van der Waals surface area contributed by atoms with E-state index in [4.69, 9.17) is 4.52 Å². The summed E-state index contributed by atoms with van der Waals surface area (Å²) in [5.41, 5.74) is 0. The highest BCUT2D eigenvalue weighted by atomic mass is 32.2. The maximum absolute atomic E-state index is 11.6. The van der Waals surface area contributed by atoms with Crippen LogP contribution in [0.15, 0.2) is 4.52 Å². The fourth-order valence-corrected chi connectivity index (χ4v) is 4.46. The summed E-state index contributed by atoms with van der Waals surface area (Å²) in [7, 11) is -3.25. The van der Waals surface area contributed by atoms with E-state index in [1.807, 2.05) is 13.8 Å². The molecule has 1 aromatic heterocycles. The molecule has 1 saturated heterocycles. The van der Waals surface area contributed by atoms with E-state index in [-0.39, 0.29) is 31.2 Å². The number of sulfone groups is 1. The van der Waals surface area contributed by atoms with Crippen LogP contribution in [-0.2, 0) is 22.8 Å². The number of hydrogen-bond donors (Lipinski definition) is 2. The standard InChI is InChI=1S/C13H23N3O5S/c1-9(2)5-12-14-13(21-15-12)6-16(3-4-17)10-7-22(19,20)8-11(10)18/h9-11,17-18H,3-8H2,1-2H3/t10-,11+/m1/s1. The van der Waals surface area contributed by atoms with Gasteiger partial charge in [-0.15, -0.1) is 0 Å². The first-order chi connectivity index (χ1) is 10.3. The Kier molecular flexibility index (Phi) is 5.54. The van der Waals surface area contributed by atoms with E-state index in [9.17, 15) is 18.6 Å². The molecule has 2 N–H and O–H groups in total. The lowest BCUT2D eigenvalue weighted by molar-refractivity contribution is 0.0588. The summed E-state index contributed by atoms with van der Waals surface area (Å²) in [5, 5.41) is 23.0. The monoisotopic (exact) mass is 333 g/mol. The van der Waals surface area contributed by atoms with Crippen LogP contribution >= 0.6 is 0 Å². The average molecular weight is 333 g/mol. The fourth-order valence-electron chi connectivity index (χ4n) is 2.63. The zero-order valence-corrected chi connectivity index (χ0v) is 13.7. The van der Waals surface area contributed by atoms with E-state index in [1.54, 1.807) is 4.90 Å². The molecule has 0 spiro atoms. The highest BCUT2D eigenvalue weighted by molar-refractivity contribution is 7.91. The third kappa shape index (κ3) is 4.48. The van der Waals surface area contributed by atoms with Crippen molar-refractivity contribution >= 4 is 9.84 Å². The molecule has 126 valence electrons. The van der Waals surface area contributed by atoms with Gasteiger partial charge >= 0.3 is 0 Å². The first kappa shape index (κ1) is 17.3. The van der Waals surface area contributed by atoms with Crippen LogP contribution < -0.4 is 0 Å². The molecule has 2 rings (SSSR count). The van der Waals surface area contributed by atoms with Crippen LogP contribution in [0.5, 0.6) is 0 Å². The number of hydrogen-bond acceptors (Lipinski definition) is 8. The summed E-state index contributed by atoms with van der Waals surface area (Å²) in [6, 6.07) is -0.558. The summed E-state index contributed by atoms with van der Waals surface area (Å²) in [6.45, 7) is 4.40. The second kappa shape index (κ2) is 7.03. The summed E-state index contributed by atoms with van der Waals surface area (Å²) in [6.07, 6.45) is -0.265. The third-order valence-electron chi connectivity index (χ3n) is 3.59. The van der Waals surface area contributed by atoms with Gasteiger partial charge in [0.1, 0.15) is 0 Å². The number of aliphatic hydroxyl groups is 2. The molecule has 0 radical (unpaired) electrons. The molecule has 0 aromatic carbocycles. The van der Waals surface area contributed by atoms with Crippen LogP contribution in [0.4, 0.5) is 0 Å². The summed E-state index contributed by atoms with van der Waals surface area (Å²) >= 11 is 0. The van der Waals surface area contributed by atoms with Gasteiger partial charge < -0.3 is 14.7 Å². The first-order valence-electron chi connectivity index (χ1n) is 7.35. The molecule has 1 aromatic rings. The summed E-state index contributed by atoms with van der Waals surface area (Å²) in [4.78, 5) is 5.96. The van der Waals surface area contributed by atoms with E-state index >= 15 is 0 Å². The number of aliphatic hydroxyl groups excluding tert-OH is 2. The minimum atomic E-state index is -3.25. The Labute approximate surface area is 130 Å². The molecular weight excluding hydrogens is 310 g/mol. The van der Waals surface area contributed by atoms with Crippen LogP contribution in [0, 0.1) is 5.92 Å². The molecule has 0 bridgehead atoms. The van der Waals surface area contributed by atoms with Crippen LogP contribution in [0.25, 0.3) is 0 Å². The van der Waals surface area contributed by atoms with Gasteiger partial charge in [-0.3, -0.25) is 4.90 Å². The summed E-state index contributed by atoms with van der Waals surface area (Å²) in [5.74, 6) is 0.998. The van der Waals surface area contributed by atoms with E-state index in [0.29, 0.717) is 24.1 Å². The first-order valence-corrected chi connectivity index (χ1v) is 9.17. The molecule has 9 heteroatoms. The zero-order chi connectivity index (χ0) is 16.3. The normalized spacial score (nSPS) is 24.5. The quantitative estimate of drug-likeness (QED) is 0.667. The van der Waals surface area contributed by atoms with Crippen molar-refractivity contribution in [1.29, 1.82) is 0 Å². The minimum Gasteiger partial charge on any atom is -0.395 e. The fraction of sp³-hybridized carbons (Fsp3) is 0.846. The van der Waals surface area contributed by atoms with E-state index < -0.39 is 22.0 Å². The lowest BCUT2D eigenvalue weighted by Crippen LogP contribution is -2.44. The van der Waals surface area contributed by atoms with Gasteiger partial charge in [0.05, 0.1) is 36.8 Å². The molecule has 1 fully saturated rings. The van der Waals surface area contributed by atoms with Crippen LogP contribution in [0.1, 0.15) is 25.6 Å². The largest absolute Gasteiger partial charge is 0.395 e. The Morgan fingerprint density at radius 3 is 2.68 bits per heavy atom. The van der Waals surface area contributed by atoms with Crippen molar-refractivity contribution in [3.63, 3.8) is 0 Å². The van der Waals surface area contributed by atoms with Gasteiger partial charge in [-0.2, -0.15) is 4.98 Å². The molecule has 8 nitrogen and oxygen atoms in total. The predicted octanol–water partition coefficient (Wildman–Crippen LogP) is -0.780. The number of aromatic nitrogens is 2. The lowest BCUT2D eigenvalue weighted by atomic mass is 10.1. The van der Waals surface area contributed by atoms with Crippen molar-refractivity contribution in [2.45, 2.75) is 39.0 Å². The van der Waals surface area contributed by atoms with Crippen molar-refractivity contribution in [1.82, 2.24) is 15.0 Å². The smallest absolute Gasteiger partial charge is 0.240 e. The van der Waals surface area contributed by atoms with Gasteiger partial charge in [0.2, 0.25) is 5.89 Å². The Morgan fingerprint density at radius 1 is 1.41 bits per heavy atom. The molecule has 22 heavy (non-hydrogen) atoms. The molecule has 0 unspecified atom stereocenters. The molecule has 0 saturated carbocycles. The van der Waals surface area contributed by atoms with Gasteiger partial charge in [-0.25, -0.2) is 8.42 Å². The second-order valence-corrected chi connectivity index (χ2v) is 8.26. The van der Waals surface area contributed by atoms with E-state index in [2.05, 4.69) is 10.1 Å². The Morgan fingerprint density at radius 2 is 2.14 bits per heavy atom. The molecule has 0 aliphatic carbocycles. The maximum Gasteiger partial charge on any atom is 0.240 e. The van der Waals surface area contributed by atoms with Crippen LogP contribution in [0.3, 0.4) is 0 Å². The van der Waals surface area contributed by atoms with Gasteiger partial charge in [0.25, 0.3) is 0 Å². The number of nitrogens with zero attached hydrogens (tertiary/aromatic N) is 3. The number of rotatable bonds is 7. The van der Waals surface area contributed by atoms with Gasteiger partial charge in [-0.1, -0.05) is 19.0 Å². The molecule has 2 heterocycles. The van der Waals surface area contributed by atoms with Crippen LogP contribution in [-0.4, -0.2) is 70.5 Å². The second-order valence-electron chi connectivity index (χ2n) is 6.11. The molecule has 1 aliphatic heterocycles. The van der Waals surface area contributed by atoms with Crippen molar-refractivity contribution < 1.29 is 23.2 Å². The molecule has 1 aliphatic rings. The molecule has 0 amide bonds. The maximum atomic E-state index is 11.6. The van der Waals surface area contributed by atoms with Gasteiger partial charge in [-0.05, 0) is 5.92 Å². The third-order valence-corrected chi connectivity index (χ3v) is 5.29. The Balaban J connectivity index is 2.07. The van der Waals surface area contributed by atoms with E-state index in [0.717, 1.165) is 0 Å². The lowest BCUT2D eigenvalue weighted by Gasteiger charge is -2.27. The molecular formula is C13H23N3O5S. The highest BCUT2D eigenvalue weighted by Gasteiger charge is 2.40. The summed E-state index contributed by atoms with van der Waals surface area (Å²) < 4.78 is 28.4. The Hall–Kier alpha value is -1.03. The zero-order valence-electron chi connectivity index (χ0n) is 12.8. The van der Waals surface area contributed by atoms with Crippen molar-refractivity contribution in [3.8, 4) is 0 Å². The highest BCUT2D eigenvalue weighted by Crippen LogP contribution is 2.20. The molecule has 2 atom stereocenters. The van der Waals surface area contributed by atoms with Gasteiger partial charge in [0.15, 0.2) is 15.7 Å². The Bertz CT molecular complexity index is 586. The van der Waals surface area contributed by atoms with Gasteiger partial charge in [0, 0.05) is 13.0 Å². The minimum absolute atomic E-state index is 0.124.